The van der Waals surface area contributed by atoms with Crippen LogP contribution in [0, 0.1) is 5.92 Å². The Bertz CT molecular complexity index is 1120. The lowest BCUT2D eigenvalue weighted by molar-refractivity contribution is 0.0750. The van der Waals surface area contributed by atoms with Crippen LogP contribution in [-0.2, 0) is 4.74 Å². The van der Waals surface area contributed by atoms with Gasteiger partial charge in [0.1, 0.15) is 5.56 Å². The van der Waals surface area contributed by atoms with E-state index in [4.69, 9.17) is 4.74 Å². The molecule has 0 unspecified atom stereocenters. The molecule has 31 heavy (non-hydrogen) atoms. The van der Waals surface area contributed by atoms with Crippen LogP contribution in [0.25, 0.3) is 22.4 Å². The summed E-state index contributed by atoms with van der Waals surface area (Å²) < 4.78 is 5.40. The Kier molecular flexibility index (Phi) is 6.38. The number of hydrogen-bond donors (Lipinski definition) is 2. The average Bonchev–Trinajstić information content (AvgIpc) is 2.83. The van der Waals surface area contributed by atoms with Crippen molar-refractivity contribution in [1.82, 2.24) is 15.5 Å². The maximum atomic E-state index is 13.2. The van der Waals surface area contributed by atoms with Crippen LogP contribution in [0.4, 0.5) is 0 Å². The molecule has 1 aliphatic rings. The molecule has 6 nitrogen and oxygen atoms in total. The number of nitrogens with zero attached hydrogens (tertiary/aromatic N) is 1. The summed E-state index contributed by atoms with van der Waals surface area (Å²) in [5.41, 5.74) is 3.13. The van der Waals surface area contributed by atoms with E-state index in [2.05, 4.69) is 22.1 Å². The number of aromatic amines is 1. The van der Waals surface area contributed by atoms with Crippen molar-refractivity contribution < 1.29 is 9.53 Å². The van der Waals surface area contributed by atoms with Crippen LogP contribution in [0.2, 0.25) is 0 Å². The number of amides is 1. The summed E-state index contributed by atoms with van der Waals surface area (Å²) in [6, 6.07) is 18.9. The number of hydrogen-bond acceptors (Lipinski definition) is 4. The number of rotatable bonds is 6. The SMILES string of the molecule is C=C(CNC(=O)c1c(-c2ccccc2)c(-c2ccccc2)n[nH]c1=O)C1CCOCC1. The van der Waals surface area contributed by atoms with E-state index >= 15 is 0 Å². The minimum atomic E-state index is -0.521. The van der Waals surface area contributed by atoms with E-state index in [1.165, 1.54) is 0 Å². The summed E-state index contributed by atoms with van der Waals surface area (Å²) in [6.07, 6.45) is 1.80. The number of carbonyl (C=O) groups excluding carboxylic acids is 1. The molecule has 0 radical (unpaired) electrons. The second-order valence-electron chi connectivity index (χ2n) is 7.61. The average molecular weight is 415 g/mol. The van der Waals surface area contributed by atoms with Crippen LogP contribution in [-0.4, -0.2) is 35.9 Å². The van der Waals surface area contributed by atoms with Crippen LogP contribution < -0.4 is 10.9 Å². The molecule has 6 heteroatoms. The molecule has 4 rings (SSSR count). The summed E-state index contributed by atoms with van der Waals surface area (Å²) >= 11 is 0. The standard InChI is InChI=1S/C25H25N3O3/c1-17(18-12-14-31-15-13-18)16-26-24(29)22-21(19-8-4-2-5-9-19)23(27-28-25(22)30)20-10-6-3-7-11-20/h2-11,18H,1,12-16H2,(H,26,29)(H,28,30). The van der Waals surface area contributed by atoms with E-state index in [0.29, 0.717) is 36.9 Å². The summed E-state index contributed by atoms with van der Waals surface area (Å²) in [5.74, 6) is -0.119. The van der Waals surface area contributed by atoms with Crippen LogP contribution >= 0.6 is 0 Å². The molecule has 1 aliphatic heterocycles. The van der Waals surface area contributed by atoms with Gasteiger partial charge >= 0.3 is 0 Å². The lowest BCUT2D eigenvalue weighted by atomic mass is 9.92. The first-order chi connectivity index (χ1) is 15.1. The topological polar surface area (TPSA) is 84.1 Å². The Morgan fingerprint density at radius 1 is 1.03 bits per heavy atom. The zero-order valence-corrected chi connectivity index (χ0v) is 17.3. The monoisotopic (exact) mass is 415 g/mol. The zero-order chi connectivity index (χ0) is 21.6. The van der Waals surface area contributed by atoms with E-state index in [1.54, 1.807) is 0 Å². The van der Waals surface area contributed by atoms with Gasteiger partial charge in [0.15, 0.2) is 0 Å². The maximum Gasteiger partial charge on any atom is 0.277 e. The molecule has 1 fully saturated rings. The van der Waals surface area contributed by atoms with E-state index in [1.807, 2.05) is 60.7 Å². The van der Waals surface area contributed by atoms with Crippen molar-refractivity contribution in [3.05, 3.63) is 88.7 Å². The van der Waals surface area contributed by atoms with E-state index < -0.39 is 11.5 Å². The minimum Gasteiger partial charge on any atom is -0.381 e. The third-order valence-electron chi connectivity index (χ3n) is 5.59. The Hall–Kier alpha value is -3.51. The van der Waals surface area contributed by atoms with Crippen LogP contribution in [0.1, 0.15) is 23.2 Å². The summed E-state index contributed by atoms with van der Waals surface area (Å²) in [5, 5.41) is 9.69. The van der Waals surface area contributed by atoms with Crippen molar-refractivity contribution in [1.29, 1.82) is 0 Å². The number of aromatic nitrogens is 2. The Labute approximate surface area is 181 Å². The van der Waals surface area contributed by atoms with Gasteiger partial charge in [0.2, 0.25) is 0 Å². The molecule has 0 spiro atoms. The molecule has 0 bridgehead atoms. The molecule has 2 aromatic carbocycles. The van der Waals surface area contributed by atoms with Gasteiger partial charge in [-0.2, -0.15) is 5.10 Å². The third kappa shape index (κ3) is 4.64. The van der Waals surface area contributed by atoms with Gasteiger partial charge in [0, 0.05) is 30.9 Å². The fraction of sp³-hybridized carbons (Fsp3) is 0.240. The Morgan fingerprint density at radius 3 is 2.29 bits per heavy atom. The molecule has 158 valence electrons. The quantitative estimate of drug-likeness (QED) is 0.600. The molecular formula is C25H25N3O3. The molecule has 1 saturated heterocycles. The van der Waals surface area contributed by atoms with Gasteiger partial charge in [-0.25, -0.2) is 5.10 Å². The highest BCUT2D eigenvalue weighted by Gasteiger charge is 2.24. The van der Waals surface area contributed by atoms with Gasteiger partial charge in [-0.15, -0.1) is 0 Å². The number of nitrogens with one attached hydrogen (secondary N) is 2. The number of benzene rings is 2. The molecule has 0 atom stereocenters. The second kappa shape index (κ2) is 9.53. The van der Waals surface area contributed by atoms with Crippen LogP contribution in [0.5, 0.6) is 0 Å². The first kappa shape index (κ1) is 20.8. The molecule has 0 saturated carbocycles. The molecule has 1 aromatic heterocycles. The predicted octanol–water partition coefficient (Wildman–Crippen LogP) is 3.82. The first-order valence-electron chi connectivity index (χ1n) is 10.4. The highest BCUT2D eigenvalue weighted by molar-refractivity contribution is 6.03. The van der Waals surface area contributed by atoms with Gasteiger partial charge < -0.3 is 10.1 Å². The minimum absolute atomic E-state index is 0.0554. The Balaban J connectivity index is 1.70. The first-order valence-corrected chi connectivity index (χ1v) is 10.4. The largest absolute Gasteiger partial charge is 0.381 e. The molecule has 0 aliphatic carbocycles. The molecular weight excluding hydrogens is 390 g/mol. The van der Waals surface area contributed by atoms with Crippen molar-refractivity contribution in [2.24, 2.45) is 5.92 Å². The van der Waals surface area contributed by atoms with Gasteiger partial charge in [-0.1, -0.05) is 72.8 Å². The lowest BCUT2D eigenvalue weighted by Crippen LogP contribution is -2.34. The molecule has 2 N–H and O–H groups in total. The summed E-state index contributed by atoms with van der Waals surface area (Å²) in [4.78, 5) is 26.0. The lowest BCUT2D eigenvalue weighted by Gasteiger charge is -2.24. The summed E-state index contributed by atoms with van der Waals surface area (Å²) in [7, 11) is 0. The van der Waals surface area contributed by atoms with Crippen molar-refractivity contribution in [2.75, 3.05) is 19.8 Å². The highest BCUT2D eigenvalue weighted by atomic mass is 16.5. The fourth-order valence-corrected chi connectivity index (χ4v) is 3.89. The maximum absolute atomic E-state index is 13.2. The third-order valence-corrected chi connectivity index (χ3v) is 5.59. The van der Waals surface area contributed by atoms with Crippen LogP contribution in [0.15, 0.2) is 77.6 Å². The molecule has 3 aromatic rings. The van der Waals surface area contributed by atoms with Gasteiger partial charge in [0.05, 0.1) is 5.69 Å². The van der Waals surface area contributed by atoms with Crippen molar-refractivity contribution in [3.63, 3.8) is 0 Å². The highest BCUT2D eigenvalue weighted by Crippen LogP contribution is 2.31. The molecule has 1 amide bonds. The van der Waals surface area contributed by atoms with Gasteiger partial charge in [-0.3, -0.25) is 9.59 Å². The Morgan fingerprint density at radius 2 is 1.65 bits per heavy atom. The van der Waals surface area contributed by atoms with E-state index in [-0.39, 0.29) is 5.56 Å². The van der Waals surface area contributed by atoms with Crippen LogP contribution in [0.3, 0.4) is 0 Å². The van der Waals surface area contributed by atoms with Gasteiger partial charge in [0.25, 0.3) is 11.5 Å². The molecule has 2 heterocycles. The number of ether oxygens (including phenoxy) is 1. The zero-order valence-electron chi connectivity index (χ0n) is 17.3. The van der Waals surface area contributed by atoms with Crippen molar-refractivity contribution >= 4 is 5.91 Å². The van der Waals surface area contributed by atoms with Crippen molar-refractivity contribution in [2.45, 2.75) is 12.8 Å². The second-order valence-corrected chi connectivity index (χ2v) is 7.61. The fourth-order valence-electron chi connectivity index (χ4n) is 3.89. The number of H-pyrrole nitrogens is 1. The van der Waals surface area contributed by atoms with Gasteiger partial charge in [-0.05, 0) is 24.3 Å². The van der Waals surface area contributed by atoms with E-state index in [0.717, 1.165) is 29.5 Å². The van der Waals surface area contributed by atoms with E-state index in [9.17, 15) is 9.59 Å². The predicted molar refractivity (Wildman–Crippen MR) is 121 cm³/mol. The number of carbonyl (C=O) groups is 1. The smallest absolute Gasteiger partial charge is 0.277 e. The summed E-state index contributed by atoms with van der Waals surface area (Å²) in [6.45, 7) is 5.88. The normalized spacial score (nSPS) is 14.2. The van der Waals surface area contributed by atoms with Crippen molar-refractivity contribution in [3.8, 4) is 22.4 Å².